The molecular formula is C10H8F2N4OS. The van der Waals surface area contributed by atoms with Crippen molar-refractivity contribution in [2.24, 2.45) is 12.8 Å². The Labute approximate surface area is 106 Å². The Balaban J connectivity index is 2.37. The molecule has 0 saturated carbocycles. The fraction of sp³-hybridized carbons (Fsp3) is 0.100. The molecule has 0 aliphatic heterocycles. The van der Waals surface area contributed by atoms with Crippen molar-refractivity contribution in [3.63, 3.8) is 0 Å². The summed E-state index contributed by atoms with van der Waals surface area (Å²) in [4.78, 5) is 3.60. The third kappa shape index (κ3) is 2.43. The maximum Gasteiger partial charge on any atom is 0.341 e. The molecule has 18 heavy (non-hydrogen) atoms. The van der Waals surface area contributed by atoms with Crippen LogP contribution < -0.4 is 10.5 Å². The van der Waals surface area contributed by atoms with E-state index >= 15 is 0 Å². The second-order valence-corrected chi connectivity index (χ2v) is 3.88. The van der Waals surface area contributed by atoms with Crippen LogP contribution >= 0.6 is 12.2 Å². The van der Waals surface area contributed by atoms with Gasteiger partial charge in [-0.15, -0.1) is 5.10 Å². The number of aromatic nitrogens is 3. The molecule has 8 heteroatoms. The van der Waals surface area contributed by atoms with Gasteiger partial charge in [0.05, 0.1) is 0 Å². The van der Waals surface area contributed by atoms with Gasteiger partial charge in [0.15, 0.2) is 11.6 Å². The Morgan fingerprint density at radius 1 is 1.39 bits per heavy atom. The van der Waals surface area contributed by atoms with Gasteiger partial charge in [-0.1, -0.05) is 12.2 Å². The lowest BCUT2D eigenvalue weighted by Crippen LogP contribution is -2.10. The van der Waals surface area contributed by atoms with E-state index in [9.17, 15) is 8.78 Å². The normalized spacial score (nSPS) is 10.4. The highest BCUT2D eigenvalue weighted by Gasteiger charge is 2.16. The zero-order valence-corrected chi connectivity index (χ0v) is 10.0. The lowest BCUT2D eigenvalue weighted by Gasteiger charge is -2.06. The topological polar surface area (TPSA) is 66.0 Å². The van der Waals surface area contributed by atoms with Gasteiger partial charge in [-0.2, -0.15) is 4.98 Å². The molecule has 2 aromatic rings. The molecule has 94 valence electrons. The minimum Gasteiger partial charge on any atom is -0.417 e. The fourth-order valence-electron chi connectivity index (χ4n) is 1.26. The number of hydrogen-bond donors (Lipinski definition) is 1. The van der Waals surface area contributed by atoms with Crippen molar-refractivity contribution in [1.29, 1.82) is 0 Å². The van der Waals surface area contributed by atoms with Crippen molar-refractivity contribution >= 4 is 17.2 Å². The summed E-state index contributed by atoms with van der Waals surface area (Å²) in [6, 6.07) is 1.83. The molecule has 2 rings (SSSR count). The predicted molar refractivity (Wildman–Crippen MR) is 63.3 cm³/mol. The number of thiocarbonyl (C=S) groups is 1. The van der Waals surface area contributed by atoms with Crippen molar-refractivity contribution in [2.45, 2.75) is 0 Å². The highest BCUT2D eigenvalue weighted by atomic mass is 32.1. The van der Waals surface area contributed by atoms with Crippen molar-refractivity contribution < 1.29 is 13.5 Å². The van der Waals surface area contributed by atoms with Crippen LogP contribution in [0.4, 0.5) is 8.78 Å². The molecule has 1 aromatic carbocycles. The highest BCUT2D eigenvalue weighted by Crippen LogP contribution is 2.26. The van der Waals surface area contributed by atoms with E-state index in [1.165, 1.54) is 11.0 Å². The highest BCUT2D eigenvalue weighted by molar-refractivity contribution is 7.80. The van der Waals surface area contributed by atoms with Crippen LogP contribution in [0, 0.1) is 11.6 Å². The Morgan fingerprint density at radius 2 is 2.00 bits per heavy atom. The minimum absolute atomic E-state index is 0.0846. The van der Waals surface area contributed by atoms with Crippen LogP contribution in [0.5, 0.6) is 11.8 Å². The fourth-order valence-corrected chi connectivity index (χ4v) is 1.38. The van der Waals surface area contributed by atoms with E-state index in [0.717, 1.165) is 12.1 Å². The third-order valence-corrected chi connectivity index (χ3v) is 2.29. The number of halogens is 2. The Bertz CT molecular complexity index is 591. The van der Waals surface area contributed by atoms with Crippen LogP contribution in [0.3, 0.4) is 0 Å². The average molecular weight is 270 g/mol. The molecule has 0 atom stereocenters. The minimum atomic E-state index is -0.926. The number of rotatable bonds is 3. The molecule has 0 radical (unpaired) electrons. The van der Waals surface area contributed by atoms with Crippen molar-refractivity contribution in [2.75, 3.05) is 0 Å². The number of hydrogen-bond acceptors (Lipinski definition) is 4. The molecule has 0 spiro atoms. The summed E-state index contributed by atoms with van der Waals surface area (Å²) < 4.78 is 33.5. The average Bonchev–Trinajstić information content (AvgIpc) is 2.69. The Hall–Kier alpha value is -2.09. The van der Waals surface area contributed by atoms with E-state index in [1.54, 1.807) is 7.05 Å². The summed E-state index contributed by atoms with van der Waals surface area (Å²) >= 11 is 4.63. The maximum absolute atomic E-state index is 13.6. The van der Waals surface area contributed by atoms with Crippen LogP contribution in [-0.2, 0) is 7.05 Å². The molecule has 0 unspecified atom stereocenters. The van der Waals surface area contributed by atoms with Crippen LogP contribution in [0.15, 0.2) is 18.5 Å². The zero-order chi connectivity index (χ0) is 13.3. The third-order valence-electron chi connectivity index (χ3n) is 2.05. The number of ether oxygens (including phenoxy) is 1. The summed E-state index contributed by atoms with van der Waals surface area (Å²) in [5.74, 6) is -2.45. The molecule has 5 nitrogen and oxygen atoms in total. The molecule has 0 amide bonds. The Kier molecular flexibility index (Phi) is 3.19. The van der Waals surface area contributed by atoms with Crippen LogP contribution in [0.1, 0.15) is 5.56 Å². The second-order valence-electron chi connectivity index (χ2n) is 3.44. The predicted octanol–water partition coefficient (Wildman–Crippen LogP) is 1.52. The van der Waals surface area contributed by atoms with Gasteiger partial charge in [0.25, 0.3) is 0 Å². The smallest absolute Gasteiger partial charge is 0.341 e. The van der Waals surface area contributed by atoms with Gasteiger partial charge in [0.2, 0.25) is 5.75 Å². The lowest BCUT2D eigenvalue weighted by atomic mass is 10.2. The van der Waals surface area contributed by atoms with Crippen LogP contribution in [0.25, 0.3) is 0 Å². The molecule has 0 aliphatic rings. The first-order valence-electron chi connectivity index (χ1n) is 4.79. The van der Waals surface area contributed by atoms with E-state index in [-0.39, 0.29) is 16.6 Å². The first kappa shape index (κ1) is 12.4. The zero-order valence-electron chi connectivity index (χ0n) is 9.22. The number of nitrogens with two attached hydrogens (primary N) is 1. The molecule has 1 aromatic heterocycles. The molecule has 0 bridgehead atoms. The molecule has 0 aliphatic carbocycles. The van der Waals surface area contributed by atoms with Crippen LogP contribution in [0.2, 0.25) is 0 Å². The maximum atomic E-state index is 13.6. The van der Waals surface area contributed by atoms with Crippen LogP contribution in [-0.4, -0.2) is 19.8 Å². The van der Waals surface area contributed by atoms with Gasteiger partial charge in [-0.05, 0) is 12.1 Å². The van der Waals surface area contributed by atoms with Crippen molar-refractivity contribution in [3.05, 3.63) is 35.7 Å². The number of benzene rings is 1. The van der Waals surface area contributed by atoms with E-state index in [1.807, 2.05) is 0 Å². The Morgan fingerprint density at radius 3 is 2.44 bits per heavy atom. The first-order valence-corrected chi connectivity index (χ1v) is 5.20. The summed E-state index contributed by atoms with van der Waals surface area (Å²) in [5.41, 5.74) is 5.37. The molecule has 2 N–H and O–H groups in total. The van der Waals surface area contributed by atoms with Gasteiger partial charge in [-0.3, -0.25) is 4.68 Å². The van der Waals surface area contributed by atoms with Gasteiger partial charge in [-0.25, -0.2) is 8.78 Å². The monoisotopic (exact) mass is 270 g/mol. The van der Waals surface area contributed by atoms with E-state index in [4.69, 9.17) is 10.5 Å². The van der Waals surface area contributed by atoms with Gasteiger partial charge >= 0.3 is 6.01 Å². The van der Waals surface area contributed by atoms with Crippen molar-refractivity contribution in [1.82, 2.24) is 14.8 Å². The van der Waals surface area contributed by atoms with Gasteiger partial charge in [0.1, 0.15) is 11.3 Å². The summed E-state index contributed by atoms with van der Waals surface area (Å²) in [7, 11) is 1.60. The number of nitrogens with zero attached hydrogens (tertiary/aromatic N) is 3. The quantitative estimate of drug-likeness (QED) is 0.857. The lowest BCUT2D eigenvalue weighted by molar-refractivity contribution is 0.381. The van der Waals surface area contributed by atoms with E-state index < -0.39 is 17.4 Å². The van der Waals surface area contributed by atoms with Crippen molar-refractivity contribution in [3.8, 4) is 11.8 Å². The summed E-state index contributed by atoms with van der Waals surface area (Å²) in [6.07, 6.45) is 1.34. The van der Waals surface area contributed by atoms with Gasteiger partial charge < -0.3 is 10.5 Å². The largest absolute Gasteiger partial charge is 0.417 e. The summed E-state index contributed by atoms with van der Waals surface area (Å²) in [6.45, 7) is 0. The SMILES string of the molecule is Cn1cnc(Oc2c(F)cc(C(N)=S)cc2F)n1. The standard InChI is InChI=1S/C10H8F2N4OS/c1-16-4-14-10(15-16)17-8-6(11)2-5(9(13)18)3-7(8)12/h2-4H,1H3,(H2,13,18). The van der Waals surface area contributed by atoms with E-state index in [0.29, 0.717) is 0 Å². The molecular weight excluding hydrogens is 262 g/mol. The first-order chi connectivity index (χ1) is 8.47. The molecule has 0 saturated heterocycles. The molecule has 1 heterocycles. The van der Waals surface area contributed by atoms with E-state index in [2.05, 4.69) is 22.3 Å². The summed E-state index contributed by atoms with van der Waals surface area (Å²) in [5, 5.41) is 3.75. The van der Waals surface area contributed by atoms with Gasteiger partial charge in [0, 0.05) is 12.6 Å². The molecule has 0 fully saturated rings. The second kappa shape index (κ2) is 4.65. The number of aryl methyl sites for hydroxylation is 1.